The zero-order valence-electron chi connectivity index (χ0n) is 11.2. The van der Waals surface area contributed by atoms with Gasteiger partial charge < -0.3 is 26.4 Å². The quantitative estimate of drug-likeness (QED) is 0.423. The first-order valence-electron chi connectivity index (χ1n) is 6.32. The average molecular weight is 288 g/mol. The van der Waals surface area contributed by atoms with Crippen LogP contribution in [0.2, 0.25) is 0 Å². The molecule has 0 radical (unpaired) electrons. The Morgan fingerprint density at radius 1 is 1.14 bits per heavy atom. The van der Waals surface area contributed by atoms with Crippen molar-refractivity contribution < 1.29 is 20.1 Å². The Labute approximate surface area is 121 Å². The van der Waals surface area contributed by atoms with Crippen molar-refractivity contribution in [2.24, 2.45) is 0 Å². The topological polar surface area (TPSA) is 116 Å². The van der Waals surface area contributed by atoms with Crippen molar-refractivity contribution in [2.75, 3.05) is 11.1 Å². The molecule has 2 aromatic rings. The Bertz CT molecular complexity index is 658. The molecule has 1 atom stereocenters. The van der Waals surface area contributed by atoms with E-state index in [0.717, 1.165) is 0 Å². The van der Waals surface area contributed by atoms with Gasteiger partial charge in [-0.2, -0.15) is 0 Å². The van der Waals surface area contributed by atoms with E-state index in [1.807, 2.05) is 0 Å². The number of aromatic hydroxyl groups is 2. The summed E-state index contributed by atoms with van der Waals surface area (Å²) >= 11 is 0. The number of para-hydroxylation sites is 2. The molecule has 0 heterocycles. The van der Waals surface area contributed by atoms with Gasteiger partial charge in [0.2, 0.25) is 0 Å². The van der Waals surface area contributed by atoms with Crippen molar-refractivity contribution >= 4 is 17.3 Å². The molecule has 2 rings (SSSR count). The Morgan fingerprint density at radius 3 is 2.48 bits per heavy atom. The van der Waals surface area contributed by atoms with Crippen molar-refractivity contribution in [1.29, 1.82) is 0 Å². The Hall–Kier alpha value is -2.89. The molecule has 0 aromatic heterocycles. The first-order valence-corrected chi connectivity index (χ1v) is 6.32. The van der Waals surface area contributed by atoms with Crippen molar-refractivity contribution in [3.05, 3.63) is 48.0 Å². The summed E-state index contributed by atoms with van der Waals surface area (Å²) < 4.78 is 0. The number of carbonyl (C=O) groups is 1. The largest absolute Gasteiger partial charge is 0.506 e. The summed E-state index contributed by atoms with van der Waals surface area (Å²) in [5, 5.41) is 31.1. The highest BCUT2D eigenvalue weighted by Gasteiger charge is 2.19. The van der Waals surface area contributed by atoms with Gasteiger partial charge in [0, 0.05) is 6.42 Å². The molecule has 21 heavy (non-hydrogen) atoms. The number of carboxylic acid groups (broad SMARTS) is 1. The Kier molecular flexibility index (Phi) is 4.18. The number of hydrogen-bond acceptors (Lipinski definition) is 5. The Balaban J connectivity index is 2.18. The van der Waals surface area contributed by atoms with Crippen molar-refractivity contribution in [3.63, 3.8) is 0 Å². The van der Waals surface area contributed by atoms with Crippen LogP contribution in [-0.4, -0.2) is 27.3 Å². The first kappa shape index (κ1) is 14.5. The minimum absolute atomic E-state index is 0.0195. The molecule has 0 spiro atoms. The van der Waals surface area contributed by atoms with Crippen molar-refractivity contribution in [1.82, 2.24) is 0 Å². The van der Waals surface area contributed by atoms with Crippen LogP contribution in [0.25, 0.3) is 0 Å². The van der Waals surface area contributed by atoms with E-state index in [1.165, 1.54) is 18.2 Å². The number of phenols is 2. The van der Waals surface area contributed by atoms with E-state index in [1.54, 1.807) is 24.3 Å². The molecule has 0 saturated carbocycles. The first-order chi connectivity index (χ1) is 9.97. The zero-order valence-corrected chi connectivity index (χ0v) is 11.2. The van der Waals surface area contributed by atoms with Gasteiger partial charge in [0.25, 0.3) is 0 Å². The fourth-order valence-electron chi connectivity index (χ4n) is 1.95. The highest BCUT2D eigenvalue weighted by atomic mass is 16.4. The number of phenolic OH excluding ortho intramolecular Hbond substituents is 2. The summed E-state index contributed by atoms with van der Waals surface area (Å²) in [6.45, 7) is 0. The van der Waals surface area contributed by atoms with Gasteiger partial charge in [0.15, 0.2) is 0 Å². The van der Waals surface area contributed by atoms with E-state index in [2.05, 4.69) is 5.32 Å². The minimum atomic E-state index is -1.05. The van der Waals surface area contributed by atoms with Crippen LogP contribution in [0.3, 0.4) is 0 Å². The van der Waals surface area contributed by atoms with Crippen LogP contribution in [0.5, 0.6) is 11.5 Å². The van der Waals surface area contributed by atoms with E-state index in [0.29, 0.717) is 11.3 Å². The molecule has 0 saturated heterocycles. The van der Waals surface area contributed by atoms with Crippen LogP contribution in [0.1, 0.15) is 5.56 Å². The lowest BCUT2D eigenvalue weighted by atomic mass is 10.0. The van der Waals surface area contributed by atoms with Gasteiger partial charge in [-0.15, -0.1) is 0 Å². The predicted octanol–water partition coefficient (Wildman–Crippen LogP) is 1.79. The fraction of sp³-hybridized carbons (Fsp3) is 0.133. The highest BCUT2D eigenvalue weighted by Crippen LogP contribution is 2.25. The predicted molar refractivity (Wildman–Crippen MR) is 79.4 cm³/mol. The van der Waals surface area contributed by atoms with Crippen LogP contribution in [0, 0.1) is 0 Å². The molecule has 2 aromatic carbocycles. The molecule has 110 valence electrons. The SMILES string of the molecule is Nc1cc(C[C@H](Nc2ccccc2O)C(=O)O)ccc1O. The van der Waals surface area contributed by atoms with Crippen LogP contribution >= 0.6 is 0 Å². The lowest BCUT2D eigenvalue weighted by Gasteiger charge is -2.17. The van der Waals surface area contributed by atoms with E-state index in [-0.39, 0.29) is 23.6 Å². The minimum Gasteiger partial charge on any atom is -0.506 e. The molecular formula is C15H16N2O4. The third-order valence-electron chi connectivity index (χ3n) is 3.06. The summed E-state index contributed by atoms with van der Waals surface area (Å²) in [5.41, 5.74) is 6.80. The molecule has 6 N–H and O–H groups in total. The summed E-state index contributed by atoms with van der Waals surface area (Å²) in [7, 11) is 0. The van der Waals surface area contributed by atoms with Gasteiger partial charge >= 0.3 is 5.97 Å². The lowest BCUT2D eigenvalue weighted by Crippen LogP contribution is -2.31. The number of anilines is 2. The second-order valence-corrected chi connectivity index (χ2v) is 4.65. The molecule has 0 bridgehead atoms. The van der Waals surface area contributed by atoms with Crippen molar-refractivity contribution in [2.45, 2.75) is 12.5 Å². The van der Waals surface area contributed by atoms with Crippen LogP contribution in [0.15, 0.2) is 42.5 Å². The van der Waals surface area contributed by atoms with Gasteiger partial charge in [-0.1, -0.05) is 18.2 Å². The van der Waals surface area contributed by atoms with E-state index >= 15 is 0 Å². The number of hydrogen-bond donors (Lipinski definition) is 5. The second kappa shape index (κ2) is 6.04. The monoisotopic (exact) mass is 288 g/mol. The summed E-state index contributed by atoms with van der Waals surface area (Å²) in [6.07, 6.45) is 0.161. The van der Waals surface area contributed by atoms with Crippen LogP contribution in [-0.2, 0) is 11.2 Å². The zero-order chi connectivity index (χ0) is 15.4. The third-order valence-corrected chi connectivity index (χ3v) is 3.06. The van der Waals surface area contributed by atoms with Gasteiger partial charge in [-0.05, 0) is 29.8 Å². The van der Waals surface area contributed by atoms with Gasteiger partial charge in [0.1, 0.15) is 17.5 Å². The number of benzene rings is 2. The molecular weight excluding hydrogens is 272 g/mol. The molecule has 6 nitrogen and oxygen atoms in total. The molecule has 0 amide bonds. The normalized spacial score (nSPS) is 11.8. The standard InChI is InChI=1S/C15H16N2O4/c16-10-7-9(5-6-13(10)18)8-12(15(20)21)17-11-3-1-2-4-14(11)19/h1-7,12,17-19H,8,16H2,(H,20,21)/t12-/m0/s1. The number of carboxylic acids is 1. The maximum atomic E-state index is 11.3. The second-order valence-electron chi connectivity index (χ2n) is 4.65. The third kappa shape index (κ3) is 3.56. The number of rotatable bonds is 5. The summed E-state index contributed by atoms with van der Waals surface area (Å²) in [4.78, 5) is 11.3. The summed E-state index contributed by atoms with van der Waals surface area (Å²) in [6, 6.07) is 10.0. The van der Waals surface area contributed by atoms with E-state index < -0.39 is 12.0 Å². The maximum absolute atomic E-state index is 11.3. The maximum Gasteiger partial charge on any atom is 0.326 e. The molecule has 0 fully saturated rings. The summed E-state index contributed by atoms with van der Waals surface area (Å²) in [5.74, 6) is -1.11. The van der Waals surface area contributed by atoms with E-state index in [4.69, 9.17) is 5.73 Å². The number of aliphatic carboxylic acids is 1. The lowest BCUT2D eigenvalue weighted by molar-refractivity contribution is -0.137. The molecule has 0 aliphatic carbocycles. The fourth-order valence-corrected chi connectivity index (χ4v) is 1.95. The van der Waals surface area contributed by atoms with Crippen LogP contribution in [0.4, 0.5) is 11.4 Å². The smallest absolute Gasteiger partial charge is 0.326 e. The molecule has 6 heteroatoms. The van der Waals surface area contributed by atoms with Gasteiger partial charge in [-0.25, -0.2) is 4.79 Å². The van der Waals surface area contributed by atoms with E-state index in [9.17, 15) is 20.1 Å². The number of nitrogens with one attached hydrogen (secondary N) is 1. The van der Waals surface area contributed by atoms with Gasteiger partial charge in [-0.3, -0.25) is 0 Å². The number of nitrogens with two attached hydrogens (primary N) is 1. The molecule has 0 aliphatic heterocycles. The molecule has 0 unspecified atom stereocenters. The van der Waals surface area contributed by atoms with Gasteiger partial charge in [0.05, 0.1) is 11.4 Å². The highest BCUT2D eigenvalue weighted by molar-refractivity contribution is 5.78. The van der Waals surface area contributed by atoms with Crippen molar-refractivity contribution in [3.8, 4) is 11.5 Å². The molecule has 0 aliphatic rings. The van der Waals surface area contributed by atoms with Crippen LogP contribution < -0.4 is 11.1 Å². The average Bonchev–Trinajstić information content (AvgIpc) is 2.44. The Morgan fingerprint density at radius 2 is 1.86 bits per heavy atom. The number of nitrogen functional groups attached to an aromatic ring is 1.